The Morgan fingerprint density at radius 3 is 2.57 bits per heavy atom. The van der Waals surface area contributed by atoms with E-state index in [-0.39, 0.29) is 0 Å². The van der Waals surface area contributed by atoms with Gasteiger partial charge in [-0.2, -0.15) is 0 Å². The molecule has 0 saturated heterocycles. The van der Waals surface area contributed by atoms with E-state index in [1.54, 1.807) is 0 Å². The molecule has 1 aromatic heterocycles. The molecule has 0 saturated carbocycles. The molecule has 0 aliphatic heterocycles. The van der Waals surface area contributed by atoms with Crippen molar-refractivity contribution in [3.05, 3.63) is 55.5 Å². The van der Waals surface area contributed by atoms with Crippen LogP contribution in [0, 0.1) is 3.57 Å². The van der Waals surface area contributed by atoms with Gasteiger partial charge in [0.15, 0.2) is 0 Å². The normalized spacial score (nSPS) is 10.8. The van der Waals surface area contributed by atoms with Gasteiger partial charge in [0.25, 0.3) is 0 Å². The summed E-state index contributed by atoms with van der Waals surface area (Å²) < 4.78 is 7.23. The van der Waals surface area contributed by atoms with Crippen LogP contribution in [0.3, 0.4) is 0 Å². The highest BCUT2D eigenvalue weighted by molar-refractivity contribution is 14.1. The molecule has 106 valence electrons. The number of halogens is 3. The predicted molar refractivity (Wildman–Crippen MR) is 97.2 cm³/mol. The summed E-state index contributed by atoms with van der Waals surface area (Å²) in [5, 5.41) is 4.76. The number of nitrogens with two attached hydrogens (primary N) is 1. The van der Waals surface area contributed by atoms with Crippen molar-refractivity contribution in [1.29, 1.82) is 0 Å². The number of hydrogen-bond acceptors (Lipinski definition) is 3. The number of anilines is 1. The quantitative estimate of drug-likeness (QED) is 0.490. The number of nitrogen functional groups attached to an aromatic ring is 1. The van der Waals surface area contributed by atoms with Gasteiger partial charge < -0.3 is 10.3 Å². The second-order valence-corrected chi connectivity index (χ2v) is 6.92. The van der Waals surface area contributed by atoms with E-state index in [0.717, 1.165) is 24.7 Å². The lowest BCUT2D eigenvalue weighted by atomic mass is 10.0. The van der Waals surface area contributed by atoms with Gasteiger partial charge in [0.1, 0.15) is 5.69 Å². The second kappa shape index (κ2) is 5.98. The molecule has 0 aliphatic rings. The van der Waals surface area contributed by atoms with Crippen LogP contribution in [0.5, 0.6) is 0 Å². The summed E-state index contributed by atoms with van der Waals surface area (Å²) in [6.45, 7) is 0. The van der Waals surface area contributed by atoms with Crippen LogP contribution in [0.4, 0.5) is 5.88 Å². The molecule has 0 atom stereocenters. The molecule has 0 amide bonds. The van der Waals surface area contributed by atoms with Crippen LogP contribution in [-0.4, -0.2) is 5.16 Å². The topological polar surface area (TPSA) is 52.0 Å². The first-order valence-corrected chi connectivity index (χ1v) is 8.28. The molecule has 2 N–H and O–H groups in total. The summed E-state index contributed by atoms with van der Waals surface area (Å²) in [6, 6.07) is 13.5. The maximum Gasteiger partial charge on any atom is 0.230 e. The third-order valence-corrected chi connectivity index (χ3v) is 4.74. The van der Waals surface area contributed by atoms with Gasteiger partial charge in [-0.15, -0.1) is 0 Å². The second-order valence-electron chi connectivity index (χ2n) is 4.40. The first-order valence-electron chi connectivity index (χ1n) is 6.03. The van der Waals surface area contributed by atoms with Crippen molar-refractivity contribution in [2.45, 2.75) is 0 Å². The van der Waals surface area contributed by atoms with Crippen LogP contribution in [0.25, 0.3) is 22.4 Å². The lowest BCUT2D eigenvalue weighted by molar-refractivity contribution is 0.439. The summed E-state index contributed by atoms with van der Waals surface area (Å²) >= 11 is 11.8. The highest BCUT2D eigenvalue weighted by Crippen LogP contribution is 2.39. The van der Waals surface area contributed by atoms with Gasteiger partial charge in [0.2, 0.25) is 5.88 Å². The molecule has 6 heteroatoms. The predicted octanol–water partition coefficient (Wildman–Crippen LogP) is 5.61. The number of aromatic nitrogens is 1. The molecule has 2 aromatic carbocycles. The summed E-state index contributed by atoms with van der Waals surface area (Å²) in [5.41, 5.74) is 9.29. The SMILES string of the molecule is Nc1onc(-c2cc(Cl)ccc2I)c1-c1ccc(Br)cc1. The molecule has 3 rings (SSSR count). The fraction of sp³-hybridized carbons (Fsp3) is 0. The molecular formula is C15H9BrClIN2O. The summed E-state index contributed by atoms with van der Waals surface area (Å²) in [6.07, 6.45) is 0. The van der Waals surface area contributed by atoms with Crippen molar-refractivity contribution >= 4 is 56.0 Å². The summed E-state index contributed by atoms with van der Waals surface area (Å²) in [5.74, 6) is 0.295. The van der Waals surface area contributed by atoms with Gasteiger partial charge in [-0.05, 0) is 58.5 Å². The smallest absolute Gasteiger partial charge is 0.230 e. The van der Waals surface area contributed by atoms with Crippen molar-refractivity contribution in [2.24, 2.45) is 0 Å². The van der Waals surface area contributed by atoms with Crippen molar-refractivity contribution in [2.75, 3.05) is 5.73 Å². The van der Waals surface area contributed by atoms with Gasteiger partial charge in [-0.3, -0.25) is 0 Å². The Bertz CT molecular complexity index is 802. The van der Waals surface area contributed by atoms with E-state index in [4.69, 9.17) is 21.9 Å². The minimum Gasteiger partial charge on any atom is -0.367 e. The zero-order valence-corrected chi connectivity index (χ0v) is 15.1. The van der Waals surface area contributed by atoms with E-state index < -0.39 is 0 Å². The maximum absolute atomic E-state index is 6.09. The minimum absolute atomic E-state index is 0.295. The number of hydrogen-bond donors (Lipinski definition) is 1. The van der Waals surface area contributed by atoms with Crippen molar-refractivity contribution in [3.8, 4) is 22.4 Å². The molecule has 1 heterocycles. The van der Waals surface area contributed by atoms with Crippen molar-refractivity contribution < 1.29 is 4.52 Å². The van der Waals surface area contributed by atoms with Gasteiger partial charge in [-0.25, -0.2) is 0 Å². The molecule has 21 heavy (non-hydrogen) atoms. The third-order valence-electron chi connectivity index (χ3n) is 3.03. The number of rotatable bonds is 2. The van der Waals surface area contributed by atoms with Crippen LogP contribution < -0.4 is 5.73 Å². The van der Waals surface area contributed by atoms with E-state index in [1.807, 2.05) is 42.5 Å². The van der Waals surface area contributed by atoms with Crippen LogP contribution in [0.2, 0.25) is 5.02 Å². The molecular weight excluding hydrogens is 466 g/mol. The Morgan fingerprint density at radius 2 is 1.86 bits per heavy atom. The Morgan fingerprint density at radius 1 is 1.14 bits per heavy atom. The van der Waals surface area contributed by atoms with Crippen LogP contribution in [0.15, 0.2) is 51.5 Å². The molecule has 0 bridgehead atoms. The van der Waals surface area contributed by atoms with Crippen molar-refractivity contribution in [3.63, 3.8) is 0 Å². The van der Waals surface area contributed by atoms with E-state index >= 15 is 0 Å². The molecule has 0 spiro atoms. The van der Waals surface area contributed by atoms with Gasteiger partial charge in [-0.1, -0.05) is 44.8 Å². The lowest BCUT2D eigenvalue weighted by Crippen LogP contribution is -1.89. The standard InChI is InChI=1S/C15H9BrClIN2O/c16-9-3-1-8(2-4-9)13-14(20-21-15(13)19)11-7-10(17)5-6-12(11)18/h1-7H,19H2. The largest absolute Gasteiger partial charge is 0.367 e. The van der Waals surface area contributed by atoms with Crippen molar-refractivity contribution in [1.82, 2.24) is 5.16 Å². The molecule has 0 aliphatic carbocycles. The lowest BCUT2D eigenvalue weighted by Gasteiger charge is -2.06. The monoisotopic (exact) mass is 474 g/mol. The number of nitrogens with zero attached hydrogens (tertiary/aromatic N) is 1. The van der Waals surface area contributed by atoms with Crippen LogP contribution >= 0.6 is 50.1 Å². The zero-order chi connectivity index (χ0) is 15.0. The molecule has 3 aromatic rings. The van der Waals surface area contributed by atoms with Gasteiger partial charge >= 0.3 is 0 Å². The fourth-order valence-electron chi connectivity index (χ4n) is 2.06. The summed E-state index contributed by atoms with van der Waals surface area (Å²) in [7, 11) is 0. The maximum atomic E-state index is 6.09. The highest BCUT2D eigenvalue weighted by Gasteiger charge is 2.19. The molecule has 0 radical (unpaired) electrons. The highest BCUT2D eigenvalue weighted by atomic mass is 127. The summed E-state index contributed by atoms with van der Waals surface area (Å²) in [4.78, 5) is 0. The van der Waals surface area contributed by atoms with Crippen LogP contribution in [-0.2, 0) is 0 Å². The molecule has 0 unspecified atom stereocenters. The van der Waals surface area contributed by atoms with E-state index in [9.17, 15) is 0 Å². The first kappa shape index (κ1) is 14.9. The Labute approximate surface area is 148 Å². The number of benzene rings is 2. The third kappa shape index (κ3) is 2.95. The average molecular weight is 476 g/mol. The fourth-order valence-corrected chi connectivity index (χ4v) is 3.09. The van der Waals surface area contributed by atoms with Gasteiger partial charge in [0.05, 0.1) is 5.56 Å². The van der Waals surface area contributed by atoms with E-state index in [2.05, 4.69) is 43.7 Å². The van der Waals surface area contributed by atoms with Gasteiger partial charge in [0, 0.05) is 18.6 Å². The van der Waals surface area contributed by atoms with Crippen LogP contribution in [0.1, 0.15) is 0 Å². The molecule has 0 fully saturated rings. The minimum atomic E-state index is 0.295. The molecule has 3 nitrogen and oxygen atoms in total. The average Bonchev–Trinajstić information content (AvgIpc) is 2.84. The zero-order valence-electron chi connectivity index (χ0n) is 10.6. The first-order chi connectivity index (χ1) is 10.1. The Hall–Kier alpha value is -1.05. The Kier molecular flexibility index (Phi) is 4.24. The van der Waals surface area contributed by atoms with E-state index in [0.29, 0.717) is 16.6 Å². The Balaban J connectivity index is 2.21. The van der Waals surface area contributed by atoms with E-state index in [1.165, 1.54) is 0 Å².